The highest BCUT2D eigenvalue weighted by atomic mass is 16.5. The topological polar surface area (TPSA) is 54.9 Å². The molecular weight excluding hydrogens is 266 g/mol. The van der Waals surface area contributed by atoms with E-state index in [0.717, 1.165) is 37.7 Å². The third-order valence-electron chi connectivity index (χ3n) is 3.40. The highest BCUT2D eigenvalue weighted by Gasteiger charge is 2.15. The zero-order valence-corrected chi connectivity index (χ0v) is 12.9. The van der Waals surface area contributed by atoms with Crippen LogP contribution in [0.15, 0.2) is 29.3 Å². The third kappa shape index (κ3) is 5.63. The van der Waals surface area contributed by atoms with Gasteiger partial charge >= 0.3 is 0 Å². The number of nitrogens with one attached hydrogen (secondary N) is 2. The van der Waals surface area contributed by atoms with Gasteiger partial charge in [0, 0.05) is 20.2 Å². The summed E-state index contributed by atoms with van der Waals surface area (Å²) >= 11 is 0. The van der Waals surface area contributed by atoms with Gasteiger partial charge in [-0.3, -0.25) is 4.99 Å². The second kappa shape index (κ2) is 8.52. The summed E-state index contributed by atoms with van der Waals surface area (Å²) in [5, 5.41) is 6.51. The summed E-state index contributed by atoms with van der Waals surface area (Å²) in [6, 6.07) is 8.06. The molecule has 116 valence electrons. The first-order chi connectivity index (χ1) is 10.3. The number of benzene rings is 1. The molecule has 1 aliphatic heterocycles. The van der Waals surface area contributed by atoms with Gasteiger partial charge in [-0.25, -0.2) is 0 Å². The van der Waals surface area contributed by atoms with Crippen molar-refractivity contribution in [2.45, 2.75) is 25.9 Å². The van der Waals surface area contributed by atoms with Crippen molar-refractivity contribution in [1.82, 2.24) is 10.6 Å². The first kappa shape index (κ1) is 15.6. The molecule has 0 aliphatic carbocycles. The zero-order chi connectivity index (χ0) is 14.9. The van der Waals surface area contributed by atoms with Crippen LogP contribution in [0.25, 0.3) is 0 Å². The van der Waals surface area contributed by atoms with Gasteiger partial charge in [0.2, 0.25) is 0 Å². The molecule has 1 aromatic carbocycles. The van der Waals surface area contributed by atoms with Gasteiger partial charge in [0.05, 0.1) is 12.6 Å². The van der Waals surface area contributed by atoms with Gasteiger partial charge in [0.25, 0.3) is 0 Å². The van der Waals surface area contributed by atoms with Crippen LogP contribution in [-0.4, -0.2) is 45.4 Å². The molecule has 5 nitrogen and oxygen atoms in total. The standard InChI is InChI=1S/C16H25N3O2/c1-13-5-3-6-14(11-13)21-10-8-18-16(17-2)19-12-15-7-4-9-20-15/h3,5-6,11,15H,4,7-10,12H2,1-2H3,(H2,17,18,19). The van der Waals surface area contributed by atoms with E-state index < -0.39 is 0 Å². The third-order valence-corrected chi connectivity index (χ3v) is 3.40. The number of hydrogen-bond acceptors (Lipinski definition) is 3. The van der Waals surface area contributed by atoms with Crippen LogP contribution in [-0.2, 0) is 4.74 Å². The van der Waals surface area contributed by atoms with Crippen LogP contribution >= 0.6 is 0 Å². The second-order valence-corrected chi connectivity index (χ2v) is 5.18. The minimum atomic E-state index is 0.312. The quantitative estimate of drug-likeness (QED) is 0.476. The predicted octanol–water partition coefficient (Wildman–Crippen LogP) is 1.72. The first-order valence-corrected chi connectivity index (χ1v) is 7.53. The van der Waals surface area contributed by atoms with Crippen molar-refractivity contribution < 1.29 is 9.47 Å². The van der Waals surface area contributed by atoms with Crippen LogP contribution < -0.4 is 15.4 Å². The normalized spacial score (nSPS) is 18.6. The molecule has 0 aromatic heterocycles. The van der Waals surface area contributed by atoms with E-state index in [2.05, 4.69) is 28.6 Å². The second-order valence-electron chi connectivity index (χ2n) is 5.18. The van der Waals surface area contributed by atoms with E-state index >= 15 is 0 Å². The lowest BCUT2D eigenvalue weighted by atomic mass is 10.2. The first-order valence-electron chi connectivity index (χ1n) is 7.53. The largest absolute Gasteiger partial charge is 0.492 e. The molecule has 21 heavy (non-hydrogen) atoms. The lowest BCUT2D eigenvalue weighted by Crippen LogP contribution is -2.42. The Bertz CT molecular complexity index is 457. The molecule has 0 saturated carbocycles. The Morgan fingerprint density at radius 3 is 3.05 bits per heavy atom. The molecule has 2 rings (SSSR count). The maximum absolute atomic E-state index is 5.69. The van der Waals surface area contributed by atoms with Crippen molar-refractivity contribution in [3.8, 4) is 5.75 Å². The van der Waals surface area contributed by atoms with Gasteiger partial charge < -0.3 is 20.1 Å². The lowest BCUT2D eigenvalue weighted by Gasteiger charge is -2.15. The molecule has 1 saturated heterocycles. The minimum Gasteiger partial charge on any atom is -0.492 e. The maximum Gasteiger partial charge on any atom is 0.191 e. The summed E-state index contributed by atoms with van der Waals surface area (Å²) in [5.74, 6) is 1.69. The number of nitrogens with zero attached hydrogens (tertiary/aromatic N) is 1. The molecule has 5 heteroatoms. The summed E-state index contributed by atoms with van der Waals surface area (Å²) in [4.78, 5) is 4.19. The highest BCUT2D eigenvalue weighted by molar-refractivity contribution is 5.79. The van der Waals surface area contributed by atoms with Crippen molar-refractivity contribution >= 4 is 5.96 Å². The number of hydrogen-bond donors (Lipinski definition) is 2. The van der Waals surface area contributed by atoms with E-state index in [1.165, 1.54) is 5.56 Å². The Balaban J connectivity index is 1.61. The van der Waals surface area contributed by atoms with E-state index in [9.17, 15) is 0 Å². The maximum atomic E-state index is 5.69. The van der Waals surface area contributed by atoms with Crippen LogP contribution in [0.5, 0.6) is 5.75 Å². The Hall–Kier alpha value is -1.75. The van der Waals surface area contributed by atoms with Gasteiger partial charge in [0.1, 0.15) is 12.4 Å². The molecule has 0 spiro atoms. The fourth-order valence-corrected chi connectivity index (χ4v) is 2.28. The Kier molecular flexibility index (Phi) is 6.34. The molecule has 1 atom stereocenters. The summed E-state index contributed by atoms with van der Waals surface area (Å²) in [5.41, 5.74) is 1.20. The Morgan fingerprint density at radius 2 is 2.33 bits per heavy atom. The van der Waals surface area contributed by atoms with Crippen molar-refractivity contribution in [3.63, 3.8) is 0 Å². The van der Waals surface area contributed by atoms with Gasteiger partial charge in [0.15, 0.2) is 5.96 Å². The fraction of sp³-hybridized carbons (Fsp3) is 0.562. The summed E-state index contributed by atoms with van der Waals surface area (Å²) in [6.45, 7) is 5.05. The molecule has 1 heterocycles. The van der Waals surface area contributed by atoms with Crippen LogP contribution in [0.4, 0.5) is 0 Å². The number of aliphatic imine (C=N–C) groups is 1. The smallest absolute Gasteiger partial charge is 0.191 e. The molecule has 0 radical (unpaired) electrons. The molecule has 2 N–H and O–H groups in total. The zero-order valence-electron chi connectivity index (χ0n) is 12.9. The Morgan fingerprint density at radius 1 is 1.43 bits per heavy atom. The number of guanidine groups is 1. The van der Waals surface area contributed by atoms with Gasteiger partial charge in [-0.2, -0.15) is 0 Å². The van der Waals surface area contributed by atoms with Gasteiger partial charge in [-0.1, -0.05) is 12.1 Å². The van der Waals surface area contributed by atoms with Crippen LogP contribution in [0.2, 0.25) is 0 Å². The van der Waals surface area contributed by atoms with Crippen LogP contribution in [0, 0.1) is 6.92 Å². The van der Waals surface area contributed by atoms with E-state index in [4.69, 9.17) is 9.47 Å². The molecule has 0 amide bonds. The molecule has 1 aliphatic rings. The Labute approximate surface area is 126 Å². The van der Waals surface area contributed by atoms with Crippen molar-refractivity contribution in [1.29, 1.82) is 0 Å². The summed E-state index contributed by atoms with van der Waals surface area (Å²) < 4.78 is 11.3. The van der Waals surface area contributed by atoms with Crippen molar-refractivity contribution in [2.75, 3.05) is 33.4 Å². The molecule has 1 aromatic rings. The number of ether oxygens (including phenoxy) is 2. The van der Waals surface area contributed by atoms with E-state index in [1.54, 1.807) is 7.05 Å². The number of aryl methyl sites for hydroxylation is 1. The highest BCUT2D eigenvalue weighted by Crippen LogP contribution is 2.12. The molecule has 0 bridgehead atoms. The van der Waals surface area contributed by atoms with E-state index in [0.29, 0.717) is 19.3 Å². The average Bonchev–Trinajstić information content (AvgIpc) is 3.00. The summed E-state index contributed by atoms with van der Waals surface area (Å²) in [7, 11) is 1.77. The summed E-state index contributed by atoms with van der Waals surface area (Å²) in [6.07, 6.45) is 2.59. The van der Waals surface area contributed by atoms with E-state index in [-0.39, 0.29) is 0 Å². The van der Waals surface area contributed by atoms with Crippen LogP contribution in [0.1, 0.15) is 18.4 Å². The monoisotopic (exact) mass is 291 g/mol. The molecule has 1 unspecified atom stereocenters. The molecule has 1 fully saturated rings. The number of rotatable bonds is 6. The SMILES string of the molecule is CN=C(NCCOc1cccc(C)c1)NCC1CCCO1. The van der Waals surface area contributed by atoms with Gasteiger partial charge in [-0.05, 0) is 37.5 Å². The van der Waals surface area contributed by atoms with Gasteiger partial charge in [-0.15, -0.1) is 0 Å². The van der Waals surface area contributed by atoms with Crippen molar-refractivity contribution in [2.24, 2.45) is 4.99 Å². The van der Waals surface area contributed by atoms with E-state index in [1.807, 2.05) is 18.2 Å². The van der Waals surface area contributed by atoms with Crippen molar-refractivity contribution in [3.05, 3.63) is 29.8 Å². The lowest BCUT2D eigenvalue weighted by molar-refractivity contribution is 0.114. The fourth-order valence-electron chi connectivity index (χ4n) is 2.28. The van der Waals surface area contributed by atoms with Crippen LogP contribution in [0.3, 0.4) is 0 Å². The minimum absolute atomic E-state index is 0.312. The predicted molar refractivity (Wildman–Crippen MR) is 85.0 cm³/mol. The average molecular weight is 291 g/mol. The molecular formula is C16H25N3O2.